The van der Waals surface area contributed by atoms with Gasteiger partial charge >= 0.3 is 0 Å². The Bertz CT molecular complexity index is 266. The van der Waals surface area contributed by atoms with Crippen molar-refractivity contribution in [3.8, 4) is 0 Å². The molecule has 0 amide bonds. The summed E-state index contributed by atoms with van der Waals surface area (Å²) in [5, 5.41) is 0. The van der Waals surface area contributed by atoms with Gasteiger partial charge in [-0.05, 0) is 40.0 Å². The summed E-state index contributed by atoms with van der Waals surface area (Å²) < 4.78 is 22.9. The highest BCUT2D eigenvalue weighted by Gasteiger charge is 2.40. The maximum atomic E-state index is 6.17. The van der Waals surface area contributed by atoms with Crippen molar-refractivity contribution in [2.24, 2.45) is 5.41 Å². The van der Waals surface area contributed by atoms with Gasteiger partial charge in [-0.2, -0.15) is 0 Å². The molecule has 0 saturated heterocycles. The van der Waals surface area contributed by atoms with Gasteiger partial charge in [-0.1, -0.05) is 13.8 Å². The molecule has 1 unspecified atom stereocenters. The molecular formula is C17H36O4. The molecular weight excluding hydrogens is 268 g/mol. The van der Waals surface area contributed by atoms with E-state index in [9.17, 15) is 0 Å². The molecule has 0 aliphatic rings. The molecule has 0 aliphatic carbocycles. The second kappa shape index (κ2) is 9.09. The number of hydrogen-bond acceptors (Lipinski definition) is 4. The van der Waals surface area contributed by atoms with Crippen molar-refractivity contribution in [3.05, 3.63) is 0 Å². The third kappa shape index (κ3) is 7.09. The van der Waals surface area contributed by atoms with E-state index in [1.54, 1.807) is 21.3 Å². The lowest BCUT2D eigenvalue weighted by Crippen LogP contribution is -2.46. The first kappa shape index (κ1) is 20.8. The van der Waals surface area contributed by atoms with Crippen molar-refractivity contribution in [3.63, 3.8) is 0 Å². The van der Waals surface area contributed by atoms with E-state index in [0.29, 0.717) is 19.8 Å². The van der Waals surface area contributed by atoms with Crippen LogP contribution in [0, 0.1) is 5.41 Å². The fourth-order valence-corrected chi connectivity index (χ4v) is 2.48. The van der Waals surface area contributed by atoms with E-state index in [1.165, 1.54) is 0 Å². The Morgan fingerprint density at radius 1 is 0.762 bits per heavy atom. The highest BCUT2D eigenvalue weighted by atomic mass is 16.5. The Morgan fingerprint density at radius 2 is 1.29 bits per heavy atom. The Kier molecular flexibility index (Phi) is 9.02. The van der Waals surface area contributed by atoms with Crippen LogP contribution in [0.3, 0.4) is 0 Å². The van der Waals surface area contributed by atoms with E-state index in [1.807, 2.05) is 0 Å². The quantitative estimate of drug-likeness (QED) is 0.551. The minimum Gasteiger partial charge on any atom is -0.384 e. The van der Waals surface area contributed by atoms with Gasteiger partial charge in [0.05, 0.1) is 31.0 Å². The molecule has 21 heavy (non-hydrogen) atoms. The van der Waals surface area contributed by atoms with Crippen LogP contribution in [0.5, 0.6) is 0 Å². The van der Waals surface area contributed by atoms with E-state index in [4.69, 9.17) is 18.9 Å². The molecule has 0 aliphatic heterocycles. The lowest BCUT2D eigenvalue weighted by Gasteiger charge is -2.41. The van der Waals surface area contributed by atoms with Crippen molar-refractivity contribution in [2.45, 2.75) is 65.1 Å². The van der Waals surface area contributed by atoms with Crippen molar-refractivity contribution in [1.82, 2.24) is 0 Å². The van der Waals surface area contributed by atoms with Crippen LogP contribution in [-0.4, -0.2) is 52.4 Å². The van der Waals surface area contributed by atoms with Crippen LogP contribution in [0.15, 0.2) is 0 Å². The molecule has 0 aromatic rings. The zero-order valence-corrected chi connectivity index (χ0v) is 15.4. The van der Waals surface area contributed by atoms with Crippen molar-refractivity contribution >= 4 is 0 Å². The van der Waals surface area contributed by atoms with Gasteiger partial charge in [-0.25, -0.2) is 0 Å². The summed E-state index contributed by atoms with van der Waals surface area (Å²) in [6, 6.07) is 0. The summed E-state index contributed by atoms with van der Waals surface area (Å²) in [6.45, 7) is 12.5. The van der Waals surface area contributed by atoms with Crippen molar-refractivity contribution in [1.29, 1.82) is 0 Å². The molecule has 0 heterocycles. The zero-order valence-electron chi connectivity index (χ0n) is 15.4. The largest absolute Gasteiger partial charge is 0.384 e. The number of ether oxygens (including phenoxy) is 4. The van der Waals surface area contributed by atoms with Crippen LogP contribution < -0.4 is 0 Å². The molecule has 0 spiro atoms. The smallest absolute Gasteiger partial charge is 0.0656 e. The SMILES string of the molecule is CCC(C)(C)OCC(COC)(COC)CC(C)(CC)OC. The topological polar surface area (TPSA) is 36.9 Å². The Labute approximate surface area is 131 Å². The predicted octanol–water partition coefficient (Wildman–Crippen LogP) is 3.68. The Hall–Kier alpha value is -0.160. The molecule has 0 fully saturated rings. The minimum absolute atomic E-state index is 0.136. The second-order valence-corrected chi connectivity index (χ2v) is 6.95. The first-order valence-electron chi connectivity index (χ1n) is 7.89. The molecule has 0 rings (SSSR count). The monoisotopic (exact) mass is 304 g/mol. The molecule has 128 valence electrons. The maximum absolute atomic E-state index is 6.17. The van der Waals surface area contributed by atoms with Gasteiger partial charge in [-0.3, -0.25) is 0 Å². The van der Waals surface area contributed by atoms with Gasteiger partial charge < -0.3 is 18.9 Å². The average Bonchev–Trinajstić information content (AvgIpc) is 2.46. The van der Waals surface area contributed by atoms with Crippen LogP contribution in [0.25, 0.3) is 0 Å². The number of methoxy groups -OCH3 is 3. The van der Waals surface area contributed by atoms with Crippen LogP contribution in [0.1, 0.15) is 53.9 Å². The van der Waals surface area contributed by atoms with Gasteiger partial charge in [-0.15, -0.1) is 0 Å². The lowest BCUT2D eigenvalue weighted by atomic mass is 9.78. The van der Waals surface area contributed by atoms with E-state index in [-0.39, 0.29) is 16.6 Å². The molecule has 4 heteroatoms. The predicted molar refractivity (Wildman–Crippen MR) is 86.8 cm³/mol. The maximum Gasteiger partial charge on any atom is 0.0656 e. The second-order valence-electron chi connectivity index (χ2n) is 6.95. The van der Waals surface area contributed by atoms with Gasteiger partial charge in [0.15, 0.2) is 0 Å². The molecule has 0 aromatic heterocycles. The minimum atomic E-state index is -0.198. The molecule has 4 nitrogen and oxygen atoms in total. The van der Waals surface area contributed by atoms with Gasteiger partial charge in [0.2, 0.25) is 0 Å². The average molecular weight is 304 g/mol. The Morgan fingerprint density at radius 3 is 1.62 bits per heavy atom. The molecule has 0 bridgehead atoms. The van der Waals surface area contributed by atoms with Gasteiger partial charge in [0.25, 0.3) is 0 Å². The number of rotatable bonds is 12. The summed E-state index contributed by atoms with van der Waals surface area (Å²) in [6.07, 6.45) is 2.75. The summed E-state index contributed by atoms with van der Waals surface area (Å²) in [5.41, 5.74) is -0.532. The standard InChI is InChI=1S/C17H36O4/c1-9-15(3,4)21-14-17(12-18-6,13-19-7)11-16(5,10-2)20-8/h9-14H2,1-8H3. The van der Waals surface area contributed by atoms with Crippen molar-refractivity contribution < 1.29 is 18.9 Å². The first-order chi connectivity index (χ1) is 9.72. The van der Waals surface area contributed by atoms with Crippen LogP contribution in [0.2, 0.25) is 0 Å². The van der Waals surface area contributed by atoms with Gasteiger partial charge in [0, 0.05) is 26.7 Å². The molecule has 1 atom stereocenters. The van der Waals surface area contributed by atoms with E-state index < -0.39 is 0 Å². The lowest BCUT2D eigenvalue weighted by molar-refractivity contribution is -0.136. The van der Waals surface area contributed by atoms with E-state index in [0.717, 1.165) is 19.3 Å². The zero-order chi connectivity index (χ0) is 16.6. The first-order valence-corrected chi connectivity index (χ1v) is 7.89. The fourth-order valence-electron chi connectivity index (χ4n) is 2.48. The third-order valence-electron chi connectivity index (χ3n) is 4.51. The molecule has 0 aromatic carbocycles. The molecule has 0 radical (unpaired) electrons. The normalized spacial score (nSPS) is 16.0. The number of hydrogen-bond donors (Lipinski definition) is 0. The molecule has 0 N–H and O–H groups in total. The van der Waals surface area contributed by atoms with E-state index >= 15 is 0 Å². The molecule has 0 saturated carbocycles. The summed E-state index contributed by atoms with van der Waals surface area (Å²) in [4.78, 5) is 0. The van der Waals surface area contributed by atoms with Crippen molar-refractivity contribution in [2.75, 3.05) is 41.2 Å². The highest BCUT2D eigenvalue weighted by molar-refractivity contribution is 4.89. The highest BCUT2D eigenvalue weighted by Crippen LogP contribution is 2.35. The van der Waals surface area contributed by atoms with Crippen LogP contribution >= 0.6 is 0 Å². The summed E-state index contributed by atoms with van der Waals surface area (Å²) >= 11 is 0. The van der Waals surface area contributed by atoms with Gasteiger partial charge in [0.1, 0.15) is 0 Å². The van der Waals surface area contributed by atoms with Crippen LogP contribution in [-0.2, 0) is 18.9 Å². The van der Waals surface area contributed by atoms with E-state index in [2.05, 4.69) is 34.6 Å². The third-order valence-corrected chi connectivity index (χ3v) is 4.51. The van der Waals surface area contributed by atoms with Crippen LogP contribution in [0.4, 0.5) is 0 Å². The fraction of sp³-hybridized carbons (Fsp3) is 1.00. The Balaban J connectivity index is 5.14. The summed E-state index contributed by atoms with van der Waals surface area (Å²) in [5.74, 6) is 0. The summed E-state index contributed by atoms with van der Waals surface area (Å²) in [7, 11) is 5.22.